The monoisotopic (exact) mass is 174 g/mol. The topological polar surface area (TPSA) is 84.4 Å². The molecule has 0 aromatic rings. The summed E-state index contributed by atoms with van der Waals surface area (Å²) in [5.74, 6) is 7.89. The quantitative estimate of drug-likeness (QED) is 0.280. The number of amides is 1. The van der Waals surface area contributed by atoms with Gasteiger partial charge in [0.1, 0.15) is 0 Å². The Kier molecular flexibility index (Phi) is 11.5. The van der Waals surface area contributed by atoms with Gasteiger partial charge < -0.3 is 10.2 Å². The number of nitrogens with zero attached hydrogens (tertiary/aromatic N) is 1. The molecule has 0 unspecified atom stereocenters. The SMILES string of the molecule is C=CC(=O)NCCN(C)C.NN. The first-order chi connectivity index (χ1) is 5.66. The fourth-order valence-electron chi connectivity index (χ4n) is 0.475. The zero-order valence-electron chi connectivity index (χ0n) is 7.71. The van der Waals surface area contributed by atoms with Gasteiger partial charge in [0.05, 0.1) is 0 Å². The lowest BCUT2D eigenvalue weighted by Crippen LogP contribution is -2.29. The van der Waals surface area contributed by atoms with Crippen molar-refractivity contribution >= 4 is 5.91 Å². The highest BCUT2D eigenvalue weighted by molar-refractivity contribution is 5.86. The molecule has 0 heterocycles. The third kappa shape index (κ3) is 11.8. The van der Waals surface area contributed by atoms with Crippen LogP contribution in [0.5, 0.6) is 0 Å². The predicted octanol–water partition coefficient (Wildman–Crippen LogP) is -1.33. The van der Waals surface area contributed by atoms with E-state index in [0.717, 1.165) is 6.54 Å². The molecule has 5 nitrogen and oxygen atoms in total. The summed E-state index contributed by atoms with van der Waals surface area (Å²) in [7, 11) is 3.92. The van der Waals surface area contributed by atoms with Gasteiger partial charge in [0.2, 0.25) is 5.91 Å². The van der Waals surface area contributed by atoms with Crippen LogP contribution in [0, 0.1) is 0 Å². The van der Waals surface area contributed by atoms with E-state index in [1.54, 1.807) is 0 Å². The molecular formula is C7H18N4O. The average molecular weight is 174 g/mol. The molecule has 0 aromatic carbocycles. The van der Waals surface area contributed by atoms with Gasteiger partial charge in [-0.15, -0.1) is 0 Å². The second-order valence-electron chi connectivity index (χ2n) is 2.30. The van der Waals surface area contributed by atoms with Crippen LogP contribution < -0.4 is 17.0 Å². The lowest BCUT2D eigenvalue weighted by molar-refractivity contribution is -0.116. The predicted molar refractivity (Wildman–Crippen MR) is 50.1 cm³/mol. The molecule has 0 aromatic heterocycles. The zero-order chi connectivity index (χ0) is 9.98. The van der Waals surface area contributed by atoms with Crippen molar-refractivity contribution in [3.63, 3.8) is 0 Å². The Morgan fingerprint density at radius 3 is 2.42 bits per heavy atom. The molecule has 0 atom stereocenters. The first-order valence-electron chi connectivity index (χ1n) is 3.55. The van der Waals surface area contributed by atoms with Crippen LogP contribution in [-0.2, 0) is 4.79 Å². The van der Waals surface area contributed by atoms with E-state index in [1.165, 1.54) is 6.08 Å². The Morgan fingerprint density at radius 2 is 2.08 bits per heavy atom. The van der Waals surface area contributed by atoms with Crippen LogP contribution in [0.15, 0.2) is 12.7 Å². The highest BCUT2D eigenvalue weighted by Crippen LogP contribution is 1.71. The molecule has 5 N–H and O–H groups in total. The van der Waals surface area contributed by atoms with Crippen molar-refractivity contribution in [3.8, 4) is 0 Å². The molecule has 0 fully saturated rings. The highest BCUT2D eigenvalue weighted by Gasteiger charge is 1.92. The van der Waals surface area contributed by atoms with Crippen molar-refractivity contribution in [3.05, 3.63) is 12.7 Å². The summed E-state index contributed by atoms with van der Waals surface area (Å²) in [4.78, 5) is 12.5. The Morgan fingerprint density at radius 1 is 1.58 bits per heavy atom. The first kappa shape index (κ1) is 13.7. The van der Waals surface area contributed by atoms with Crippen LogP contribution >= 0.6 is 0 Å². The molecular weight excluding hydrogens is 156 g/mol. The van der Waals surface area contributed by atoms with Crippen LogP contribution in [-0.4, -0.2) is 38.0 Å². The maximum absolute atomic E-state index is 10.5. The highest BCUT2D eigenvalue weighted by atomic mass is 16.1. The second kappa shape index (κ2) is 10.1. The third-order valence-electron chi connectivity index (χ3n) is 1.04. The van der Waals surface area contributed by atoms with Gasteiger partial charge in [-0.1, -0.05) is 6.58 Å². The van der Waals surface area contributed by atoms with Crippen molar-refractivity contribution < 1.29 is 4.79 Å². The normalized spacial score (nSPS) is 8.42. The van der Waals surface area contributed by atoms with Crippen LogP contribution in [0.2, 0.25) is 0 Å². The van der Waals surface area contributed by atoms with Crippen molar-refractivity contribution in [1.29, 1.82) is 0 Å². The van der Waals surface area contributed by atoms with Gasteiger partial charge in [0.25, 0.3) is 0 Å². The van der Waals surface area contributed by atoms with Gasteiger partial charge in [0.15, 0.2) is 0 Å². The van der Waals surface area contributed by atoms with Gasteiger partial charge in [-0.3, -0.25) is 16.5 Å². The summed E-state index contributed by atoms with van der Waals surface area (Å²) in [5.41, 5.74) is 0. The molecule has 1 amide bonds. The lowest BCUT2D eigenvalue weighted by Gasteiger charge is -2.08. The van der Waals surface area contributed by atoms with Crippen molar-refractivity contribution in [2.75, 3.05) is 27.2 Å². The molecule has 0 aliphatic heterocycles. The molecule has 72 valence electrons. The molecule has 12 heavy (non-hydrogen) atoms. The van der Waals surface area contributed by atoms with Gasteiger partial charge in [0, 0.05) is 13.1 Å². The molecule has 0 radical (unpaired) electrons. The van der Waals surface area contributed by atoms with Crippen molar-refractivity contribution in [2.45, 2.75) is 0 Å². The largest absolute Gasteiger partial charge is 0.351 e. The van der Waals surface area contributed by atoms with E-state index in [-0.39, 0.29) is 5.91 Å². The fourth-order valence-corrected chi connectivity index (χ4v) is 0.475. The number of carbonyl (C=O) groups excluding carboxylic acids is 1. The summed E-state index contributed by atoms with van der Waals surface area (Å²) >= 11 is 0. The third-order valence-corrected chi connectivity index (χ3v) is 1.04. The second-order valence-corrected chi connectivity index (χ2v) is 2.30. The van der Waals surface area contributed by atoms with E-state index in [9.17, 15) is 4.79 Å². The maximum atomic E-state index is 10.5. The van der Waals surface area contributed by atoms with Crippen molar-refractivity contribution in [1.82, 2.24) is 10.2 Å². The van der Waals surface area contributed by atoms with Crippen LogP contribution in [0.25, 0.3) is 0 Å². The molecule has 0 rings (SSSR count). The summed E-state index contributed by atoms with van der Waals surface area (Å²) < 4.78 is 0. The van der Waals surface area contributed by atoms with Crippen LogP contribution in [0.3, 0.4) is 0 Å². The van der Waals surface area contributed by atoms with E-state index >= 15 is 0 Å². The van der Waals surface area contributed by atoms with Crippen LogP contribution in [0.4, 0.5) is 0 Å². The Labute approximate surface area is 73.4 Å². The number of likely N-dealkylation sites (N-methyl/N-ethyl adjacent to an activating group) is 1. The number of carbonyl (C=O) groups is 1. The minimum atomic E-state index is -0.109. The zero-order valence-corrected chi connectivity index (χ0v) is 7.71. The van der Waals surface area contributed by atoms with Crippen molar-refractivity contribution in [2.24, 2.45) is 11.7 Å². The van der Waals surface area contributed by atoms with Gasteiger partial charge in [-0.25, -0.2) is 0 Å². The van der Waals surface area contributed by atoms with Gasteiger partial charge in [-0.2, -0.15) is 0 Å². The van der Waals surface area contributed by atoms with E-state index in [0.29, 0.717) is 6.54 Å². The van der Waals surface area contributed by atoms with Gasteiger partial charge in [-0.05, 0) is 20.2 Å². The Balaban J connectivity index is 0. The smallest absolute Gasteiger partial charge is 0.243 e. The minimum absolute atomic E-state index is 0.109. The number of hydrazine groups is 1. The summed E-state index contributed by atoms with van der Waals surface area (Å²) in [5, 5.41) is 2.66. The molecule has 0 saturated carbocycles. The molecule has 0 aliphatic rings. The summed E-state index contributed by atoms with van der Waals surface area (Å²) in [6, 6.07) is 0. The fraction of sp³-hybridized carbons (Fsp3) is 0.571. The number of rotatable bonds is 4. The van der Waals surface area contributed by atoms with E-state index in [4.69, 9.17) is 0 Å². The van der Waals surface area contributed by atoms with E-state index in [1.807, 2.05) is 19.0 Å². The molecule has 0 aliphatic carbocycles. The standard InChI is InChI=1S/C7H14N2O.H4N2/c1-4-7(10)8-5-6-9(2)3;1-2/h4H,1,5-6H2,2-3H3,(H,8,10);1-2H2. The van der Waals surface area contributed by atoms with Gasteiger partial charge >= 0.3 is 0 Å². The van der Waals surface area contributed by atoms with E-state index < -0.39 is 0 Å². The summed E-state index contributed by atoms with van der Waals surface area (Å²) in [6.07, 6.45) is 1.27. The number of hydrogen-bond donors (Lipinski definition) is 3. The maximum Gasteiger partial charge on any atom is 0.243 e. The minimum Gasteiger partial charge on any atom is -0.351 e. The number of nitrogens with two attached hydrogens (primary N) is 2. The first-order valence-corrected chi connectivity index (χ1v) is 3.55. The summed E-state index contributed by atoms with van der Waals surface area (Å²) in [6.45, 7) is 4.87. The lowest BCUT2D eigenvalue weighted by atomic mass is 10.5. The Bertz CT molecular complexity index is 125. The van der Waals surface area contributed by atoms with E-state index in [2.05, 4.69) is 23.6 Å². The number of nitrogens with one attached hydrogen (secondary N) is 1. The number of hydrogen-bond acceptors (Lipinski definition) is 4. The molecule has 0 saturated heterocycles. The average Bonchev–Trinajstić information content (AvgIpc) is 2.07. The Hall–Kier alpha value is -0.910. The molecule has 5 heteroatoms. The molecule has 0 spiro atoms. The van der Waals surface area contributed by atoms with Crippen LogP contribution in [0.1, 0.15) is 0 Å². The molecule has 0 bridgehead atoms.